The van der Waals surface area contributed by atoms with Crippen molar-refractivity contribution in [1.82, 2.24) is 9.97 Å². The van der Waals surface area contributed by atoms with Crippen LogP contribution in [-0.2, 0) is 6.42 Å². The molecule has 0 saturated heterocycles. The van der Waals surface area contributed by atoms with Gasteiger partial charge in [0.2, 0.25) is 5.95 Å². The topological polar surface area (TPSA) is 122 Å². The van der Waals surface area contributed by atoms with Crippen molar-refractivity contribution in [2.75, 3.05) is 11.5 Å². The molecule has 0 spiro atoms. The molecule has 0 aliphatic rings. The zero-order valence-electron chi connectivity index (χ0n) is 6.16. The summed E-state index contributed by atoms with van der Waals surface area (Å²) in [7, 11) is 0. The fraction of sp³-hybridized carbons (Fsp3) is 0.167. The SMILES string of the molecule is N#CCc1c(N)nc(N)[nH]c1=O. The summed E-state index contributed by atoms with van der Waals surface area (Å²) in [5.74, 6) is -0.0306. The van der Waals surface area contributed by atoms with Crippen LogP contribution in [0.25, 0.3) is 0 Å². The maximum Gasteiger partial charge on any atom is 0.258 e. The first-order valence-electron chi connectivity index (χ1n) is 3.16. The number of hydrogen-bond acceptors (Lipinski definition) is 5. The molecule has 6 heteroatoms. The molecular formula is C6H7N5O. The van der Waals surface area contributed by atoms with E-state index in [2.05, 4.69) is 9.97 Å². The molecule has 1 heterocycles. The molecule has 0 fully saturated rings. The van der Waals surface area contributed by atoms with Gasteiger partial charge in [-0.3, -0.25) is 9.78 Å². The van der Waals surface area contributed by atoms with Gasteiger partial charge in [0.25, 0.3) is 5.56 Å². The van der Waals surface area contributed by atoms with E-state index in [4.69, 9.17) is 16.7 Å². The first-order chi connectivity index (χ1) is 5.65. The number of hydrogen-bond donors (Lipinski definition) is 3. The minimum absolute atomic E-state index is 0.0119. The molecule has 0 bridgehead atoms. The van der Waals surface area contributed by atoms with Gasteiger partial charge in [-0.15, -0.1) is 0 Å². The summed E-state index contributed by atoms with van der Waals surface area (Å²) < 4.78 is 0. The van der Waals surface area contributed by atoms with E-state index in [-0.39, 0.29) is 23.8 Å². The monoisotopic (exact) mass is 165 g/mol. The summed E-state index contributed by atoms with van der Waals surface area (Å²) in [6.45, 7) is 0. The second-order valence-corrected chi connectivity index (χ2v) is 2.15. The normalized spacial score (nSPS) is 9.25. The fourth-order valence-corrected chi connectivity index (χ4v) is 0.783. The molecule has 1 rings (SSSR count). The van der Waals surface area contributed by atoms with Crippen LogP contribution < -0.4 is 17.0 Å². The predicted molar refractivity (Wildman–Crippen MR) is 43.0 cm³/mol. The van der Waals surface area contributed by atoms with Crippen LogP contribution in [0.15, 0.2) is 4.79 Å². The van der Waals surface area contributed by atoms with E-state index in [9.17, 15) is 4.79 Å². The second kappa shape index (κ2) is 2.92. The first kappa shape index (κ1) is 8.07. The average molecular weight is 165 g/mol. The summed E-state index contributed by atoms with van der Waals surface area (Å²) in [5.41, 5.74) is 10.2. The lowest BCUT2D eigenvalue weighted by molar-refractivity contribution is 1.07. The molecule has 5 N–H and O–H groups in total. The molecule has 0 aliphatic carbocycles. The zero-order valence-corrected chi connectivity index (χ0v) is 6.16. The number of nitrogens with one attached hydrogen (secondary N) is 1. The van der Waals surface area contributed by atoms with Crippen molar-refractivity contribution >= 4 is 11.8 Å². The second-order valence-electron chi connectivity index (χ2n) is 2.15. The van der Waals surface area contributed by atoms with Crippen LogP contribution in [0.4, 0.5) is 11.8 Å². The largest absolute Gasteiger partial charge is 0.383 e. The fourth-order valence-electron chi connectivity index (χ4n) is 0.783. The van der Waals surface area contributed by atoms with Gasteiger partial charge in [-0.25, -0.2) is 0 Å². The highest BCUT2D eigenvalue weighted by Crippen LogP contribution is 2.02. The number of rotatable bonds is 1. The van der Waals surface area contributed by atoms with Gasteiger partial charge in [-0.05, 0) is 0 Å². The Morgan fingerprint density at radius 3 is 2.75 bits per heavy atom. The van der Waals surface area contributed by atoms with E-state index in [0.717, 1.165) is 0 Å². The van der Waals surface area contributed by atoms with Crippen LogP contribution in [0, 0.1) is 11.3 Å². The molecule has 1 aromatic heterocycles. The van der Waals surface area contributed by atoms with Gasteiger partial charge in [0.1, 0.15) is 5.82 Å². The van der Waals surface area contributed by atoms with E-state index in [1.165, 1.54) is 0 Å². The molecule has 0 saturated carbocycles. The lowest BCUT2D eigenvalue weighted by Gasteiger charge is -1.99. The van der Waals surface area contributed by atoms with Gasteiger partial charge in [-0.1, -0.05) is 0 Å². The molecule has 0 amide bonds. The van der Waals surface area contributed by atoms with Crippen LogP contribution >= 0.6 is 0 Å². The smallest absolute Gasteiger partial charge is 0.258 e. The van der Waals surface area contributed by atoms with Gasteiger partial charge in [0.15, 0.2) is 0 Å². The highest BCUT2D eigenvalue weighted by atomic mass is 16.1. The van der Waals surface area contributed by atoms with Gasteiger partial charge < -0.3 is 11.5 Å². The standard InChI is InChI=1S/C6H7N5O/c7-2-1-3-4(8)10-6(9)11-5(3)12/h1H2,(H5,8,9,10,11,12). The van der Waals surface area contributed by atoms with Gasteiger partial charge in [-0.2, -0.15) is 10.2 Å². The third-order valence-electron chi connectivity index (χ3n) is 1.32. The van der Waals surface area contributed by atoms with Crippen LogP contribution in [0.5, 0.6) is 0 Å². The number of nitrogen functional groups attached to an aromatic ring is 2. The number of anilines is 2. The number of H-pyrrole nitrogens is 1. The third-order valence-corrected chi connectivity index (χ3v) is 1.32. The Labute approximate surface area is 67.8 Å². The van der Waals surface area contributed by atoms with Crippen molar-refractivity contribution in [3.05, 3.63) is 15.9 Å². The molecule has 0 aromatic carbocycles. The minimum Gasteiger partial charge on any atom is -0.383 e. The lowest BCUT2D eigenvalue weighted by Crippen LogP contribution is -2.18. The number of nitriles is 1. The van der Waals surface area contributed by atoms with E-state index in [1.54, 1.807) is 6.07 Å². The van der Waals surface area contributed by atoms with Gasteiger partial charge >= 0.3 is 0 Å². The quantitative estimate of drug-likeness (QED) is 0.492. The van der Waals surface area contributed by atoms with E-state index >= 15 is 0 Å². The van der Waals surface area contributed by atoms with Crippen molar-refractivity contribution in [2.24, 2.45) is 0 Å². The van der Waals surface area contributed by atoms with E-state index in [1.807, 2.05) is 0 Å². The Morgan fingerprint density at radius 1 is 1.58 bits per heavy atom. The molecule has 0 atom stereocenters. The molecule has 1 aromatic rings. The van der Waals surface area contributed by atoms with Crippen LogP contribution in [0.1, 0.15) is 5.56 Å². The Bertz CT molecular complexity index is 388. The van der Waals surface area contributed by atoms with Crippen molar-refractivity contribution < 1.29 is 0 Å². The summed E-state index contributed by atoms with van der Waals surface area (Å²) in [6, 6.07) is 1.80. The molecule has 0 aliphatic heterocycles. The molecule has 0 unspecified atom stereocenters. The Hall–Kier alpha value is -2.03. The van der Waals surface area contributed by atoms with Crippen molar-refractivity contribution in [3.63, 3.8) is 0 Å². The number of aromatic amines is 1. The highest BCUT2D eigenvalue weighted by Gasteiger charge is 2.05. The molecule has 12 heavy (non-hydrogen) atoms. The summed E-state index contributed by atoms with van der Waals surface area (Å²) >= 11 is 0. The number of nitrogens with two attached hydrogens (primary N) is 2. The van der Waals surface area contributed by atoms with Gasteiger partial charge in [0.05, 0.1) is 18.1 Å². The molecular weight excluding hydrogens is 158 g/mol. The van der Waals surface area contributed by atoms with Crippen LogP contribution in [0.2, 0.25) is 0 Å². The summed E-state index contributed by atoms with van der Waals surface area (Å²) in [4.78, 5) is 16.9. The third kappa shape index (κ3) is 1.34. The van der Waals surface area contributed by atoms with Crippen LogP contribution in [0.3, 0.4) is 0 Å². The number of nitrogens with zero attached hydrogens (tertiary/aromatic N) is 2. The Kier molecular flexibility index (Phi) is 1.96. The Morgan fingerprint density at radius 2 is 2.25 bits per heavy atom. The average Bonchev–Trinajstić information content (AvgIpc) is 1.96. The van der Waals surface area contributed by atoms with Gasteiger partial charge in [0, 0.05) is 0 Å². The molecule has 0 radical (unpaired) electrons. The highest BCUT2D eigenvalue weighted by molar-refractivity contribution is 5.42. The zero-order chi connectivity index (χ0) is 9.14. The first-order valence-corrected chi connectivity index (χ1v) is 3.16. The predicted octanol–water partition coefficient (Wildman–Crippen LogP) is -1.000. The number of aromatic nitrogens is 2. The summed E-state index contributed by atoms with van der Waals surface area (Å²) in [5, 5.41) is 8.32. The summed E-state index contributed by atoms with van der Waals surface area (Å²) in [6.07, 6.45) is -0.0611. The maximum atomic E-state index is 11.0. The van der Waals surface area contributed by atoms with Crippen molar-refractivity contribution in [2.45, 2.75) is 6.42 Å². The van der Waals surface area contributed by atoms with E-state index in [0.29, 0.717) is 0 Å². The van der Waals surface area contributed by atoms with Crippen molar-refractivity contribution in [1.29, 1.82) is 5.26 Å². The Balaban J connectivity index is 3.31. The van der Waals surface area contributed by atoms with E-state index < -0.39 is 5.56 Å². The van der Waals surface area contributed by atoms with Crippen molar-refractivity contribution in [3.8, 4) is 6.07 Å². The maximum absolute atomic E-state index is 11.0. The molecule has 6 nitrogen and oxygen atoms in total. The molecule has 62 valence electrons. The lowest BCUT2D eigenvalue weighted by atomic mass is 10.2. The minimum atomic E-state index is -0.457. The van der Waals surface area contributed by atoms with Crippen LogP contribution in [-0.4, -0.2) is 9.97 Å².